The molecule has 9 atom stereocenters. The summed E-state index contributed by atoms with van der Waals surface area (Å²) in [4.78, 5) is 23.8. The van der Waals surface area contributed by atoms with Gasteiger partial charge in [-0.15, -0.1) is 0 Å². The Kier molecular flexibility index (Phi) is 9.48. The second kappa shape index (κ2) is 12.0. The van der Waals surface area contributed by atoms with Crippen molar-refractivity contribution in [1.82, 2.24) is 0 Å². The second-order valence-corrected chi connectivity index (χ2v) is 14.9. The van der Waals surface area contributed by atoms with Crippen molar-refractivity contribution >= 4 is 22.3 Å². The van der Waals surface area contributed by atoms with E-state index >= 15 is 0 Å². The zero-order valence-corrected chi connectivity index (χ0v) is 26.0. The van der Waals surface area contributed by atoms with Crippen molar-refractivity contribution in [1.29, 1.82) is 0 Å². The molecule has 0 aliphatic heterocycles. The Bertz CT molecular complexity index is 1080. The molecule has 3 fully saturated rings. The van der Waals surface area contributed by atoms with E-state index in [1.54, 1.807) is 0 Å². The molecule has 0 amide bonds. The lowest BCUT2D eigenvalue weighted by molar-refractivity contribution is -0.154. The van der Waals surface area contributed by atoms with Crippen molar-refractivity contribution in [2.75, 3.05) is 6.61 Å². The lowest BCUT2D eigenvalue weighted by Crippen LogP contribution is -2.55. The van der Waals surface area contributed by atoms with Gasteiger partial charge >= 0.3 is 11.9 Å². The molecule has 0 heterocycles. The molecule has 0 saturated heterocycles. The van der Waals surface area contributed by atoms with Crippen LogP contribution >= 0.6 is 0 Å². The Hall–Kier alpha value is -1.45. The minimum Gasteiger partial charge on any atom is -0.726 e. The van der Waals surface area contributed by atoms with Gasteiger partial charge < -0.3 is 14.0 Å². The molecule has 4 aliphatic rings. The molecular weight excluding hydrogens is 532 g/mol. The van der Waals surface area contributed by atoms with Crippen LogP contribution in [0.25, 0.3) is 0 Å². The molecule has 0 aromatic heterocycles. The van der Waals surface area contributed by atoms with Gasteiger partial charge in [0.1, 0.15) is 6.10 Å². The predicted molar refractivity (Wildman–Crippen MR) is 150 cm³/mol. The molecule has 0 radical (unpaired) electrons. The number of rotatable bonds is 10. The highest BCUT2D eigenvalue weighted by Gasteiger charge is 2.61. The average Bonchev–Trinajstić information content (AvgIpc) is 3.18. The quantitative estimate of drug-likeness (QED) is 0.134. The van der Waals surface area contributed by atoms with Crippen molar-refractivity contribution < 1.29 is 36.2 Å². The number of hydrogen-bond acceptors (Lipinski definition) is 8. The SMILES string of the molecule is CC(=O)OC[C@H](CCCC(C)C)[C@H]1CC[C@H]2[C@@H]3CC=C4[C@@H](OC(C)=O)[C@H](OS(=O)(=O)[O-])CC[C@]4(C)[C@H]3CC[C@]12C. The van der Waals surface area contributed by atoms with Gasteiger partial charge in [-0.2, -0.15) is 0 Å². The van der Waals surface area contributed by atoms with E-state index < -0.39 is 28.6 Å². The first kappa shape index (κ1) is 31.5. The summed E-state index contributed by atoms with van der Waals surface area (Å²) < 4.78 is 50.5. The third kappa shape index (κ3) is 6.46. The van der Waals surface area contributed by atoms with Gasteiger partial charge in [-0.3, -0.25) is 13.8 Å². The summed E-state index contributed by atoms with van der Waals surface area (Å²) in [6.45, 7) is 12.5. The third-order valence-electron chi connectivity index (χ3n) is 11.2. The van der Waals surface area contributed by atoms with Crippen LogP contribution in [-0.2, 0) is 33.6 Å². The van der Waals surface area contributed by atoms with E-state index in [0.29, 0.717) is 55.0 Å². The Morgan fingerprint density at radius 2 is 1.75 bits per heavy atom. The molecule has 9 heteroatoms. The maximum Gasteiger partial charge on any atom is 0.303 e. The lowest BCUT2D eigenvalue weighted by Gasteiger charge is -2.59. The summed E-state index contributed by atoms with van der Waals surface area (Å²) in [5.41, 5.74) is 0.851. The van der Waals surface area contributed by atoms with E-state index in [2.05, 4.69) is 33.8 Å². The molecule has 8 nitrogen and oxygen atoms in total. The summed E-state index contributed by atoms with van der Waals surface area (Å²) in [6, 6.07) is 0. The van der Waals surface area contributed by atoms with E-state index in [9.17, 15) is 22.6 Å². The van der Waals surface area contributed by atoms with Crippen LogP contribution in [0.2, 0.25) is 0 Å². The molecule has 40 heavy (non-hydrogen) atoms. The molecule has 228 valence electrons. The summed E-state index contributed by atoms with van der Waals surface area (Å²) in [6.07, 6.45) is 10.1. The Morgan fingerprint density at radius 3 is 2.38 bits per heavy atom. The molecular formula is C31H49O8S-. The molecule has 0 spiro atoms. The number of carbonyl (C=O) groups is 2. The first-order chi connectivity index (χ1) is 18.7. The highest BCUT2D eigenvalue weighted by atomic mass is 32.3. The maximum atomic E-state index is 12.0. The molecule has 0 aromatic carbocycles. The van der Waals surface area contributed by atoms with Crippen LogP contribution in [0.4, 0.5) is 0 Å². The van der Waals surface area contributed by atoms with Gasteiger partial charge in [0.15, 0.2) is 6.10 Å². The third-order valence-corrected chi connectivity index (χ3v) is 11.6. The fourth-order valence-electron chi connectivity index (χ4n) is 9.48. The van der Waals surface area contributed by atoms with Crippen LogP contribution in [0.15, 0.2) is 11.6 Å². The normalized spacial score (nSPS) is 38.0. The van der Waals surface area contributed by atoms with Crippen LogP contribution in [0.1, 0.15) is 106 Å². The minimum absolute atomic E-state index is 0.178. The van der Waals surface area contributed by atoms with Crippen LogP contribution in [-0.4, -0.2) is 43.7 Å². The Balaban J connectivity index is 1.58. The second-order valence-electron chi connectivity index (χ2n) is 13.9. The molecule has 4 aliphatic carbocycles. The smallest absolute Gasteiger partial charge is 0.303 e. The van der Waals surface area contributed by atoms with Gasteiger partial charge in [0.05, 0.1) is 6.61 Å². The largest absolute Gasteiger partial charge is 0.726 e. The fraction of sp³-hybridized carbons (Fsp3) is 0.871. The van der Waals surface area contributed by atoms with Crippen molar-refractivity contribution in [3.63, 3.8) is 0 Å². The molecule has 0 N–H and O–H groups in total. The number of esters is 2. The van der Waals surface area contributed by atoms with E-state index in [4.69, 9.17) is 13.7 Å². The summed E-state index contributed by atoms with van der Waals surface area (Å²) in [7, 11) is -4.93. The van der Waals surface area contributed by atoms with Gasteiger partial charge in [-0.25, -0.2) is 8.42 Å². The van der Waals surface area contributed by atoms with Crippen molar-refractivity contribution in [2.45, 2.75) is 118 Å². The average molecular weight is 582 g/mol. The summed E-state index contributed by atoms with van der Waals surface area (Å²) >= 11 is 0. The fourth-order valence-corrected chi connectivity index (χ4v) is 9.98. The van der Waals surface area contributed by atoms with Crippen LogP contribution < -0.4 is 0 Å². The first-order valence-corrected chi connectivity index (χ1v) is 16.6. The highest BCUT2D eigenvalue weighted by molar-refractivity contribution is 7.80. The zero-order valence-electron chi connectivity index (χ0n) is 25.1. The van der Waals surface area contributed by atoms with Crippen LogP contribution in [0.3, 0.4) is 0 Å². The molecule has 0 bridgehead atoms. The first-order valence-electron chi connectivity index (χ1n) is 15.3. The summed E-state index contributed by atoms with van der Waals surface area (Å²) in [5.74, 6) is 2.26. The van der Waals surface area contributed by atoms with Crippen LogP contribution in [0, 0.1) is 46.3 Å². The van der Waals surface area contributed by atoms with Crippen molar-refractivity contribution in [3.8, 4) is 0 Å². The lowest BCUT2D eigenvalue weighted by atomic mass is 9.46. The molecule has 0 aromatic rings. The van der Waals surface area contributed by atoms with Crippen molar-refractivity contribution in [3.05, 3.63) is 11.6 Å². The Labute approximate surface area is 240 Å². The van der Waals surface area contributed by atoms with Gasteiger partial charge in [0, 0.05) is 13.8 Å². The van der Waals surface area contributed by atoms with E-state index in [-0.39, 0.29) is 16.8 Å². The predicted octanol–water partition coefficient (Wildman–Crippen LogP) is 5.96. The molecule has 3 saturated carbocycles. The molecule has 0 unspecified atom stereocenters. The number of hydrogen-bond donors (Lipinski definition) is 0. The van der Waals surface area contributed by atoms with E-state index in [1.165, 1.54) is 20.3 Å². The zero-order chi connectivity index (χ0) is 29.5. The van der Waals surface area contributed by atoms with E-state index in [1.807, 2.05) is 0 Å². The van der Waals surface area contributed by atoms with Gasteiger partial charge in [-0.05, 0) is 103 Å². The monoisotopic (exact) mass is 581 g/mol. The minimum atomic E-state index is -4.93. The van der Waals surface area contributed by atoms with Gasteiger partial charge in [-0.1, -0.05) is 46.6 Å². The highest BCUT2D eigenvalue weighted by Crippen LogP contribution is 2.67. The van der Waals surface area contributed by atoms with Crippen LogP contribution in [0.5, 0.6) is 0 Å². The topological polar surface area (TPSA) is 119 Å². The van der Waals surface area contributed by atoms with Gasteiger partial charge in [0.25, 0.3) is 0 Å². The molecule has 4 rings (SSSR count). The van der Waals surface area contributed by atoms with Crippen molar-refractivity contribution in [2.24, 2.45) is 46.3 Å². The summed E-state index contributed by atoms with van der Waals surface area (Å²) in [5, 5.41) is 0. The van der Waals surface area contributed by atoms with Gasteiger partial charge in [0.2, 0.25) is 10.4 Å². The van der Waals surface area contributed by atoms with E-state index in [0.717, 1.165) is 50.5 Å². The number of ether oxygens (including phenoxy) is 2. The Morgan fingerprint density at radius 1 is 1.02 bits per heavy atom. The standard InChI is InChI=1S/C31H50O8S/c1-19(2)8-7-9-22(18-37-20(3)32)24-12-13-25-23-10-11-27-29(38-21(4)33)28(39-40(34,35)36)15-17-31(27,6)26(23)14-16-30(24,25)5/h11,19,22-26,28-29H,7-10,12-18H2,1-6H3,(H,34,35,36)/p-1/t22-,23-,24+,25-,26-,28+,29+,30+,31+/m0/s1. The number of fused-ring (bicyclic) bond motifs is 5. The maximum absolute atomic E-state index is 12.0. The number of carbonyl (C=O) groups excluding carboxylic acids is 2. The number of allylic oxidation sites excluding steroid dienone is 1.